The van der Waals surface area contributed by atoms with Crippen molar-refractivity contribution in [1.29, 1.82) is 0 Å². The zero-order chi connectivity index (χ0) is 13.9. The highest BCUT2D eigenvalue weighted by Crippen LogP contribution is 2.35. The predicted octanol–water partition coefficient (Wildman–Crippen LogP) is 1.59. The largest absolute Gasteiger partial charge is 0.486 e. The number of nitrogens with two attached hydrogens (primary N) is 2. The van der Waals surface area contributed by atoms with Gasteiger partial charge in [0.2, 0.25) is 0 Å². The molecule has 1 heterocycles. The summed E-state index contributed by atoms with van der Waals surface area (Å²) in [6, 6.07) is 13.3. The molecule has 5 N–H and O–H groups in total. The fourth-order valence-corrected chi connectivity index (χ4v) is 2.38. The van der Waals surface area contributed by atoms with Gasteiger partial charge in [-0.15, -0.1) is 0 Å². The molecule has 3 rings (SSSR count). The molecule has 0 aromatic heterocycles. The van der Waals surface area contributed by atoms with Crippen molar-refractivity contribution in [2.45, 2.75) is 6.04 Å². The molecule has 1 atom stereocenters. The van der Waals surface area contributed by atoms with Gasteiger partial charge in [-0.1, -0.05) is 24.3 Å². The Morgan fingerprint density at radius 3 is 2.50 bits per heavy atom. The standard InChI is InChI=1S/C15H17N3O2/c16-12-4-2-1-3-11(12)15(18-17)10-5-6-13-14(9-10)20-8-7-19-13/h1-6,9,15,18H,7-8,16-17H2. The monoisotopic (exact) mass is 271 g/mol. The summed E-state index contributed by atoms with van der Waals surface area (Å²) in [6.07, 6.45) is 0. The SMILES string of the molecule is NNC(c1ccc2c(c1)OCCO2)c1ccccc1N. The number of ether oxygens (including phenoxy) is 2. The van der Waals surface area contributed by atoms with E-state index in [9.17, 15) is 0 Å². The van der Waals surface area contributed by atoms with Crippen LogP contribution < -0.4 is 26.5 Å². The number of nitrogen functional groups attached to an aromatic ring is 1. The quantitative estimate of drug-likeness (QED) is 0.448. The average Bonchev–Trinajstić information content (AvgIpc) is 2.50. The molecular weight excluding hydrogens is 254 g/mol. The zero-order valence-corrected chi connectivity index (χ0v) is 11.0. The second-order valence-corrected chi connectivity index (χ2v) is 4.63. The first-order valence-electron chi connectivity index (χ1n) is 6.49. The van der Waals surface area contributed by atoms with E-state index in [1.807, 2.05) is 42.5 Å². The summed E-state index contributed by atoms with van der Waals surface area (Å²) in [4.78, 5) is 0. The molecule has 0 aliphatic carbocycles. The fraction of sp³-hybridized carbons (Fsp3) is 0.200. The Balaban J connectivity index is 1.99. The van der Waals surface area contributed by atoms with E-state index in [2.05, 4.69) is 5.43 Å². The van der Waals surface area contributed by atoms with Crippen molar-refractivity contribution < 1.29 is 9.47 Å². The second-order valence-electron chi connectivity index (χ2n) is 4.63. The number of hydrogen-bond donors (Lipinski definition) is 3. The number of nitrogens with one attached hydrogen (secondary N) is 1. The Morgan fingerprint density at radius 1 is 1.00 bits per heavy atom. The molecule has 1 aliphatic heterocycles. The minimum absolute atomic E-state index is 0.188. The fourth-order valence-electron chi connectivity index (χ4n) is 2.38. The molecule has 0 saturated carbocycles. The molecule has 0 amide bonds. The molecule has 0 radical (unpaired) electrons. The minimum atomic E-state index is -0.188. The third-order valence-corrected chi connectivity index (χ3v) is 3.37. The van der Waals surface area contributed by atoms with Crippen molar-refractivity contribution in [2.75, 3.05) is 18.9 Å². The van der Waals surface area contributed by atoms with Gasteiger partial charge in [-0.05, 0) is 29.3 Å². The molecule has 1 unspecified atom stereocenters. The van der Waals surface area contributed by atoms with Gasteiger partial charge in [0.25, 0.3) is 0 Å². The van der Waals surface area contributed by atoms with Crippen molar-refractivity contribution in [3.05, 3.63) is 53.6 Å². The van der Waals surface area contributed by atoms with Crippen molar-refractivity contribution >= 4 is 5.69 Å². The maximum absolute atomic E-state index is 6.02. The number of anilines is 1. The average molecular weight is 271 g/mol. The van der Waals surface area contributed by atoms with Gasteiger partial charge in [-0.2, -0.15) is 0 Å². The van der Waals surface area contributed by atoms with E-state index in [0.717, 1.165) is 22.6 Å². The van der Waals surface area contributed by atoms with Crippen LogP contribution in [0.2, 0.25) is 0 Å². The van der Waals surface area contributed by atoms with E-state index < -0.39 is 0 Å². The molecule has 0 bridgehead atoms. The lowest BCUT2D eigenvalue weighted by Gasteiger charge is -2.22. The summed E-state index contributed by atoms with van der Waals surface area (Å²) in [7, 11) is 0. The van der Waals surface area contributed by atoms with Gasteiger partial charge in [0.1, 0.15) is 13.2 Å². The topological polar surface area (TPSA) is 82.5 Å². The molecule has 2 aromatic rings. The van der Waals surface area contributed by atoms with Crippen LogP contribution in [0.1, 0.15) is 17.2 Å². The van der Waals surface area contributed by atoms with Crippen LogP contribution in [0.4, 0.5) is 5.69 Å². The number of benzene rings is 2. The van der Waals surface area contributed by atoms with Crippen LogP contribution in [-0.4, -0.2) is 13.2 Å². The van der Waals surface area contributed by atoms with E-state index in [1.54, 1.807) is 0 Å². The Hall–Kier alpha value is -2.24. The normalized spacial score (nSPS) is 14.8. The summed E-state index contributed by atoms with van der Waals surface area (Å²) < 4.78 is 11.1. The molecule has 1 aliphatic rings. The molecule has 0 fully saturated rings. The van der Waals surface area contributed by atoms with Crippen molar-refractivity contribution in [2.24, 2.45) is 5.84 Å². The maximum atomic E-state index is 6.02. The van der Waals surface area contributed by atoms with Gasteiger partial charge in [0.15, 0.2) is 11.5 Å². The summed E-state index contributed by atoms with van der Waals surface area (Å²) >= 11 is 0. The summed E-state index contributed by atoms with van der Waals surface area (Å²) in [5.74, 6) is 7.20. The third-order valence-electron chi connectivity index (χ3n) is 3.37. The van der Waals surface area contributed by atoms with Gasteiger partial charge in [-0.3, -0.25) is 5.84 Å². The van der Waals surface area contributed by atoms with Crippen molar-refractivity contribution in [1.82, 2.24) is 5.43 Å². The van der Waals surface area contributed by atoms with Crippen LogP contribution in [0, 0.1) is 0 Å². The molecular formula is C15H17N3O2. The van der Waals surface area contributed by atoms with E-state index in [0.29, 0.717) is 18.9 Å². The van der Waals surface area contributed by atoms with Crippen molar-refractivity contribution in [3.8, 4) is 11.5 Å². The van der Waals surface area contributed by atoms with E-state index in [1.165, 1.54) is 0 Å². The highest BCUT2D eigenvalue weighted by Gasteiger charge is 2.18. The maximum Gasteiger partial charge on any atom is 0.161 e. The van der Waals surface area contributed by atoms with Crippen LogP contribution in [0.15, 0.2) is 42.5 Å². The first kappa shape index (κ1) is 12.8. The lowest BCUT2D eigenvalue weighted by atomic mass is 9.97. The zero-order valence-electron chi connectivity index (χ0n) is 11.0. The van der Waals surface area contributed by atoms with Gasteiger partial charge in [0.05, 0.1) is 6.04 Å². The van der Waals surface area contributed by atoms with E-state index in [4.69, 9.17) is 21.1 Å². The summed E-state index contributed by atoms with van der Waals surface area (Å²) in [5.41, 5.74) is 11.4. The Morgan fingerprint density at radius 2 is 1.75 bits per heavy atom. The van der Waals surface area contributed by atoms with Crippen LogP contribution >= 0.6 is 0 Å². The summed E-state index contributed by atoms with van der Waals surface area (Å²) in [5, 5.41) is 0. The van der Waals surface area contributed by atoms with Gasteiger partial charge in [-0.25, -0.2) is 5.43 Å². The number of rotatable bonds is 3. The highest BCUT2D eigenvalue weighted by atomic mass is 16.6. The number of para-hydroxylation sites is 1. The van der Waals surface area contributed by atoms with E-state index >= 15 is 0 Å². The summed E-state index contributed by atoms with van der Waals surface area (Å²) in [6.45, 7) is 1.14. The second kappa shape index (κ2) is 5.40. The van der Waals surface area contributed by atoms with Gasteiger partial charge >= 0.3 is 0 Å². The first-order chi connectivity index (χ1) is 9.79. The number of fused-ring (bicyclic) bond motifs is 1. The van der Waals surface area contributed by atoms with Gasteiger partial charge in [0, 0.05) is 5.69 Å². The molecule has 104 valence electrons. The third kappa shape index (κ3) is 2.29. The lowest BCUT2D eigenvalue weighted by Crippen LogP contribution is -2.29. The minimum Gasteiger partial charge on any atom is -0.486 e. The van der Waals surface area contributed by atoms with E-state index in [-0.39, 0.29) is 6.04 Å². The van der Waals surface area contributed by atoms with Gasteiger partial charge < -0.3 is 15.2 Å². The lowest BCUT2D eigenvalue weighted by molar-refractivity contribution is 0.171. The van der Waals surface area contributed by atoms with Crippen LogP contribution in [0.5, 0.6) is 11.5 Å². The number of hydrogen-bond acceptors (Lipinski definition) is 5. The molecule has 5 nitrogen and oxygen atoms in total. The molecule has 5 heteroatoms. The Kier molecular flexibility index (Phi) is 3.45. The molecule has 2 aromatic carbocycles. The first-order valence-corrected chi connectivity index (χ1v) is 6.49. The molecule has 0 saturated heterocycles. The van der Waals surface area contributed by atoms with Crippen LogP contribution in [-0.2, 0) is 0 Å². The highest BCUT2D eigenvalue weighted by molar-refractivity contribution is 5.53. The van der Waals surface area contributed by atoms with Crippen molar-refractivity contribution in [3.63, 3.8) is 0 Å². The smallest absolute Gasteiger partial charge is 0.161 e. The van der Waals surface area contributed by atoms with Crippen LogP contribution in [0.3, 0.4) is 0 Å². The molecule has 20 heavy (non-hydrogen) atoms. The predicted molar refractivity (Wildman–Crippen MR) is 77.5 cm³/mol. The Labute approximate surface area is 117 Å². The number of hydrazine groups is 1. The Bertz CT molecular complexity index is 616. The van der Waals surface area contributed by atoms with Crippen LogP contribution in [0.25, 0.3) is 0 Å². The molecule has 0 spiro atoms.